The summed E-state index contributed by atoms with van der Waals surface area (Å²) in [6.07, 6.45) is 2.53. The van der Waals surface area contributed by atoms with E-state index in [0.717, 1.165) is 28.5 Å². The smallest absolute Gasteiger partial charge is 0.237 e. The van der Waals surface area contributed by atoms with Crippen molar-refractivity contribution in [3.05, 3.63) is 30.2 Å². The number of hydrogen-bond donors (Lipinski definition) is 0. The summed E-state index contributed by atoms with van der Waals surface area (Å²) in [6, 6.07) is 7.78. The largest absolute Gasteiger partial charge is 0.497 e. The Hall–Kier alpha value is -2.46. The molecule has 0 atom stereocenters. The molecule has 3 aromatic rings. The fraction of sp³-hybridized carbons (Fsp3) is 0.389. The number of hydrogen-bond acceptors (Lipinski definition) is 9. The molecule has 0 saturated heterocycles. The van der Waals surface area contributed by atoms with Gasteiger partial charge in [0, 0.05) is 18.0 Å². The maximum atomic E-state index is 12.2. The van der Waals surface area contributed by atoms with Crippen LogP contribution in [0, 0.1) is 0 Å². The summed E-state index contributed by atoms with van der Waals surface area (Å²) in [5.41, 5.74) is 0.829. The zero-order valence-corrected chi connectivity index (χ0v) is 17.1. The standard InChI is InChI=1S/C18H19N5O3S2/c1-3-15(24)23(12-7-8-12)17-20-21-18(28-17)27-10-14-19-16(22-26-14)11-5-4-6-13(9-11)25-2/h4-6,9,12H,3,7-8,10H2,1-2H3. The molecule has 0 N–H and O–H groups in total. The average Bonchev–Trinajstić information content (AvgIpc) is 3.25. The van der Waals surface area contributed by atoms with Crippen molar-refractivity contribution in [2.75, 3.05) is 12.0 Å². The number of carbonyl (C=O) groups is 1. The molecule has 0 bridgehead atoms. The van der Waals surface area contributed by atoms with Gasteiger partial charge in [0.15, 0.2) is 4.34 Å². The van der Waals surface area contributed by atoms with E-state index < -0.39 is 0 Å². The quantitative estimate of drug-likeness (QED) is 0.404. The van der Waals surface area contributed by atoms with Crippen LogP contribution in [0.3, 0.4) is 0 Å². The number of thioether (sulfide) groups is 1. The fourth-order valence-corrected chi connectivity index (χ4v) is 4.41. The maximum Gasteiger partial charge on any atom is 0.237 e. The minimum atomic E-state index is 0.0926. The molecule has 1 amide bonds. The molecule has 1 saturated carbocycles. The minimum Gasteiger partial charge on any atom is -0.497 e. The van der Waals surface area contributed by atoms with Gasteiger partial charge in [0.05, 0.1) is 12.9 Å². The number of carbonyl (C=O) groups excluding carboxylic acids is 1. The lowest BCUT2D eigenvalue weighted by molar-refractivity contribution is -0.118. The molecule has 2 heterocycles. The fourth-order valence-electron chi connectivity index (χ4n) is 2.64. The van der Waals surface area contributed by atoms with E-state index in [1.807, 2.05) is 31.2 Å². The van der Waals surface area contributed by atoms with Crippen LogP contribution in [-0.2, 0) is 10.5 Å². The van der Waals surface area contributed by atoms with Gasteiger partial charge in [0.25, 0.3) is 0 Å². The number of rotatable bonds is 8. The van der Waals surface area contributed by atoms with Crippen molar-refractivity contribution in [2.24, 2.45) is 0 Å². The van der Waals surface area contributed by atoms with Gasteiger partial charge in [-0.05, 0) is 25.0 Å². The predicted molar refractivity (Wildman–Crippen MR) is 107 cm³/mol. The predicted octanol–water partition coefficient (Wildman–Crippen LogP) is 3.79. The minimum absolute atomic E-state index is 0.0926. The Bertz CT molecular complexity index is 970. The maximum absolute atomic E-state index is 12.2. The summed E-state index contributed by atoms with van der Waals surface area (Å²) >= 11 is 2.89. The molecule has 1 aliphatic carbocycles. The zero-order valence-electron chi connectivity index (χ0n) is 15.5. The monoisotopic (exact) mass is 417 g/mol. The first-order valence-corrected chi connectivity index (χ1v) is 10.7. The lowest BCUT2D eigenvalue weighted by Gasteiger charge is -2.17. The molecule has 8 nitrogen and oxygen atoms in total. The second kappa shape index (κ2) is 8.27. The molecule has 0 unspecified atom stereocenters. The van der Waals surface area contributed by atoms with E-state index in [-0.39, 0.29) is 11.9 Å². The first kappa shape index (κ1) is 18.9. The van der Waals surface area contributed by atoms with Gasteiger partial charge in [-0.2, -0.15) is 4.98 Å². The van der Waals surface area contributed by atoms with Gasteiger partial charge in [-0.15, -0.1) is 10.2 Å². The normalized spacial score (nSPS) is 13.5. The van der Waals surface area contributed by atoms with Crippen molar-refractivity contribution >= 4 is 34.1 Å². The molecule has 2 aromatic heterocycles. The van der Waals surface area contributed by atoms with Gasteiger partial charge in [-0.1, -0.05) is 47.3 Å². The summed E-state index contributed by atoms with van der Waals surface area (Å²) in [5, 5.41) is 13.1. The van der Waals surface area contributed by atoms with E-state index >= 15 is 0 Å². The van der Waals surface area contributed by atoms with E-state index in [4.69, 9.17) is 9.26 Å². The number of anilines is 1. The highest BCUT2D eigenvalue weighted by molar-refractivity contribution is 8.00. The Balaban J connectivity index is 1.41. The van der Waals surface area contributed by atoms with E-state index in [1.54, 1.807) is 12.0 Å². The molecule has 0 radical (unpaired) electrons. The van der Waals surface area contributed by atoms with Gasteiger partial charge in [0.1, 0.15) is 5.75 Å². The second-order valence-corrected chi connectivity index (χ2v) is 8.41. The molecule has 146 valence electrons. The molecular weight excluding hydrogens is 398 g/mol. The number of ether oxygens (including phenoxy) is 1. The highest BCUT2D eigenvalue weighted by Gasteiger charge is 2.35. The Morgan fingerprint density at radius 3 is 3.00 bits per heavy atom. The van der Waals surface area contributed by atoms with Crippen molar-refractivity contribution < 1.29 is 14.1 Å². The summed E-state index contributed by atoms with van der Waals surface area (Å²) < 4.78 is 11.3. The molecule has 0 aliphatic heterocycles. The molecule has 4 rings (SSSR count). The van der Waals surface area contributed by atoms with Gasteiger partial charge in [-0.3, -0.25) is 9.69 Å². The third-order valence-corrected chi connectivity index (χ3v) is 6.24. The lowest BCUT2D eigenvalue weighted by atomic mass is 10.2. The highest BCUT2D eigenvalue weighted by atomic mass is 32.2. The van der Waals surface area contributed by atoms with Crippen LogP contribution in [0.2, 0.25) is 0 Å². The first-order chi connectivity index (χ1) is 13.7. The number of methoxy groups -OCH3 is 1. The van der Waals surface area contributed by atoms with E-state index in [2.05, 4.69) is 20.3 Å². The van der Waals surface area contributed by atoms with Gasteiger partial charge >= 0.3 is 0 Å². The molecule has 1 aliphatic rings. The van der Waals surface area contributed by atoms with E-state index in [1.165, 1.54) is 23.1 Å². The van der Waals surface area contributed by atoms with Gasteiger partial charge in [-0.25, -0.2) is 0 Å². The summed E-state index contributed by atoms with van der Waals surface area (Å²) in [7, 11) is 1.62. The number of benzene rings is 1. The second-order valence-electron chi connectivity index (χ2n) is 6.23. The molecule has 1 fully saturated rings. The van der Waals surface area contributed by atoms with E-state index in [9.17, 15) is 4.79 Å². The van der Waals surface area contributed by atoms with Crippen molar-refractivity contribution in [3.8, 4) is 17.1 Å². The number of aromatic nitrogens is 4. The van der Waals surface area contributed by atoms with Crippen LogP contribution >= 0.6 is 23.1 Å². The van der Waals surface area contributed by atoms with Crippen molar-refractivity contribution in [3.63, 3.8) is 0 Å². The van der Waals surface area contributed by atoms with Crippen molar-refractivity contribution in [2.45, 2.75) is 42.3 Å². The SMILES string of the molecule is CCC(=O)N(c1nnc(SCc2nc(-c3cccc(OC)c3)no2)s1)C1CC1. The van der Waals surface area contributed by atoms with Crippen LogP contribution in [0.1, 0.15) is 32.1 Å². The first-order valence-electron chi connectivity index (χ1n) is 8.93. The van der Waals surface area contributed by atoms with E-state index in [0.29, 0.717) is 29.0 Å². The number of amides is 1. The van der Waals surface area contributed by atoms with Crippen LogP contribution in [0.5, 0.6) is 5.75 Å². The number of nitrogens with zero attached hydrogens (tertiary/aromatic N) is 5. The average molecular weight is 418 g/mol. The third kappa shape index (κ3) is 4.17. The van der Waals surface area contributed by atoms with Crippen LogP contribution in [0.15, 0.2) is 33.1 Å². The highest BCUT2D eigenvalue weighted by Crippen LogP contribution is 2.36. The molecular formula is C18H19N5O3S2. The van der Waals surface area contributed by atoms with Crippen LogP contribution in [0.4, 0.5) is 5.13 Å². The Kier molecular flexibility index (Phi) is 5.58. The Morgan fingerprint density at radius 2 is 2.25 bits per heavy atom. The Morgan fingerprint density at radius 1 is 1.39 bits per heavy atom. The summed E-state index contributed by atoms with van der Waals surface area (Å²) in [6.45, 7) is 1.86. The summed E-state index contributed by atoms with van der Waals surface area (Å²) in [5.74, 6) is 2.33. The van der Waals surface area contributed by atoms with Crippen LogP contribution in [0.25, 0.3) is 11.4 Å². The molecule has 28 heavy (non-hydrogen) atoms. The molecule has 0 spiro atoms. The molecule has 10 heteroatoms. The van der Waals surface area contributed by atoms with Crippen molar-refractivity contribution in [1.29, 1.82) is 0 Å². The third-order valence-electron chi connectivity index (χ3n) is 4.20. The lowest BCUT2D eigenvalue weighted by Crippen LogP contribution is -2.32. The zero-order chi connectivity index (χ0) is 19.5. The van der Waals surface area contributed by atoms with Crippen molar-refractivity contribution in [1.82, 2.24) is 20.3 Å². The van der Waals surface area contributed by atoms with Crippen LogP contribution in [-0.4, -0.2) is 39.4 Å². The Labute approximate surface area is 170 Å². The van der Waals surface area contributed by atoms with Crippen LogP contribution < -0.4 is 9.64 Å². The molecule has 1 aromatic carbocycles. The van der Waals surface area contributed by atoms with Gasteiger partial charge in [0.2, 0.25) is 22.8 Å². The summed E-state index contributed by atoms with van der Waals surface area (Å²) in [4.78, 5) is 18.4. The van der Waals surface area contributed by atoms with Gasteiger partial charge < -0.3 is 9.26 Å². The topological polar surface area (TPSA) is 94.2 Å².